The molecule has 0 saturated heterocycles. The third-order valence-electron chi connectivity index (χ3n) is 4.11. The number of aromatic amines is 1. The van der Waals surface area contributed by atoms with E-state index in [9.17, 15) is 14.0 Å². The van der Waals surface area contributed by atoms with Crippen molar-refractivity contribution in [2.45, 2.75) is 25.3 Å². The average molecular weight is 317 g/mol. The maximum absolute atomic E-state index is 12.9. The molecule has 0 bridgehead atoms. The van der Waals surface area contributed by atoms with Crippen LogP contribution in [-0.2, 0) is 4.79 Å². The summed E-state index contributed by atoms with van der Waals surface area (Å²) in [7, 11) is 0. The fourth-order valence-corrected chi connectivity index (χ4v) is 2.88. The third kappa shape index (κ3) is 3.23. The summed E-state index contributed by atoms with van der Waals surface area (Å²) < 4.78 is 12.9. The Balaban J connectivity index is 1.71. The van der Waals surface area contributed by atoms with Crippen molar-refractivity contribution >= 4 is 11.9 Å². The zero-order chi connectivity index (χ0) is 16.4. The van der Waals surface area contributed by atoms with Crippen molar-refractivity contribution in [3.63, 3.8) is 0 Å². The first-order valence-corrected chi connectivity index (χ1v) is 7.39. The van der Waals surface area contributed by atoms with Gasteiger partial charge in [-0.05, 0) is 43.2 Å². The molecule has 0 spiro atoms. The predicted molar refractivity (Wildman–Crippen MR) is 80.2 cm³/mol. The number of aliphatic carboxylic acids is 1. The Morgan fingerprint density at radius 3 is 2.70 bits per heavy atom. The lowest BCUT2D eigenvalue weighted by atomic mass is 10.0. The first-order valence-electron chi connectivity index (χ1n) is 7.39. The highest BCUT2D eigenvalue weighted by Gasteiger charge is 2.34. The Morgan fingerprint density at radius 2 is 2.00 bits per heavy atom. The van der Waals surface area contributed by atoms with Crippen LogP contribution in [0.4, 0.5) is 4.39 Å². The summed E-state index contributed by atoms with van der Waals surface area (Å²) in [6.07, 6.45) is 2.01. The van der Waals surface area contributed by atoms with Crippen LogP contribution in [0.25, 0.3) is 11.3 Å². The van der Waals surface area contributed by atoms with Crippen LogP contribution in [0.15, 0.2) is 30.3 Å². The van der Waals surface area contributed by atoms with Crippen LogP contribution in [-0.4, -0.2) is 33.2 Å². The van der Waals surface area contributed by atoms with Crippen LogP contribution < -0.4 is 5.32 Å². The van der Waals surface area contributed by atoms with Gasteiger partial charge in [0.05, 0.1) is 11.6 Å². The number of H-pyrrole nitrogens is 1. The summed E-state index contributed by atoms with van der Waals surface area (Å²) in [5.74, 6) is -2.16. The zero-order valence-corrected chi connectivity index (χ0v) is 12.3. The molecule has 1 aliphatic carbocycles. The fourth-order valence-electron chi connectivity index (χ4n) is 2.88. The van der Waals surface area contributed by atoms with Gasteiger partial charge in [0.1, 0.15) is 11.5 Å². The molecule has 2 aromatic rings. The van der Waals surface area contributed by atoms with Crippen molar-refractivity contribution in [3.8, 4) is 11.3 Å². The number of rotatable bonds is 4. The molecule has 1 fully saturated rings. The molecular weight excluding hydrogens is 301 g/mol. The van der Waals surface area contributed by atoms with E-state index in [-0.39, 0.29) is 23.5 Å². The molecular formula is C16H16FN3O3. The minimum atomic E-state index is -0.885. The van der Waals surface area contributed by atoms with Crippen molar-refractivity contribution < 1.29 is 19.1 Å². The fraction of sp³-hybridized carbons (Fsp3) is 0.312. The van der Waals surface area contributed by atoms with E-state index in [2.05, 4.69) is 15.5 Å². The topological polar surface area (TPSA) is 95.1 Å². The average Bonchev–Trinajstić information content (AvgIpc) is 3.16. The lowest BCUT2D eigenvalue weighted by Gasteiger charge is -2.16. The maximum atomic E-state index is 12.9. The van der Waals surface area contributed by atoms with Gasteiger partial charge in [-0.3, -0.25) is 14.7 Å². The zero-order valence-electron chi connectivity index (χ0n) is 12.3. The number of amides is 1. The van der Waals surface area contributed by atoms with Crippen LogP contribution in [0, 0.1) is 11.7 Å². The lowest BCUT2D eigenvalue weighted by Crippen LogP contribution is -2.40. The smallest absolute Gasteiger partial charge is 0.308 e. The first-order chi connectivity index (χ1) is 11.0. The number of carboxylic acid groups (broad SMARTS) is 1. The second-order valence-corrected chi connectivity index (χ2v) is 5.63. The van der Waals surface area contributed by atoms with Gasteiger partial charge in [0.2, 0.25) is 0 Å². The molecule has 1 amide bonds. The normalized spacial score (nSPS) is 20.4. The molecule has 0 radical (unpaired) electrons. The highest BCUT2D eigenvalue weighted by Crippen LogP contribution is 2.26. The Morgan fingerprint density at radius 1 is 1.26 bits per heavy atom. The largest absolute Gasteiger partial charge is 0.481 e. The standard InChI is InChI=1S/C16H16FN3O3/c17-10-6-4-9(5-7-10)13-8-14(20-19-13)15(21)18-12-3-1-2-11(12)16(22)23/h4-8,11-12H,1-3H2,(H,18,21)(H,19,20)(H,22,23)/t11-,12+/m1/s1. The Hall–Kier alpha value is -2.70. The predicted octanol–water partition coefficient (Wildman–Crippen LogP) is 2.20. The summed E-state index contributed by atoms with van der Waals surface area (Å²) in [5, 5.41) is 18.6. The number of hydrogen-bond donors (Lipinski definition) is 3. The number of carboxylic acids is 1. The molecule has 2 atom stereocenters. The SMILES string of the molecule is O=C(N[C@H]1CCC[C@H]1C(=O)O)c1cc(-c2ccc(F)cc2)n[nH]1. The van der Waals surface area contributed by atoms with Gasteiger partial charge in [-0.1, -0.05) is 6.42 Å². The highest BCUT2D eigenvalue weighted by atomic mass is 19.1. The summed E-state index contributed by atoms with van der Waals surface area (Å²) in [6, 6.07) is 6.99. The van der Waals surface area contributed by atoms with Crippen LogP contribution in [0.1, 0.15) is 29.8 Å². The Kier molecular flexibility index (Phi) is 4.10. The Bertz CT molecular complexity index is 726. The number of nitrogens with one attached hydrogen (secondary N) is 2. The third-order valence-corrected chi connectivity index (χ3v) is 4.11. The molecule has 7 heteroatoms. The molecule has 0 unspecified atom stereocenters. The highest BCUT2D eigenvalue weighted by molar-refractivity contribution is 5.94. The lowest BCUT2D eigenvalue weighted by molar-refractivity contribution is -0.142. The molecule has 1 saturated carbocycles. The van der Waals surface area contributed by atoms with Gasteiger partial charge in [-0.2, -0.15) is 5.10 Å². The summed E-state index contributed by atoms with van der Waals surface area (Å²) >= 11 is 0. The van der Waals surface area contributed by atoms with Gasteiger partial charge in [0.25, 0.3) is 5.91 Å². The van der Waals surface area contributed by atoms with Gasteiger partial charge in [0, 0.05) is 11.6 Å². The van der Waals surface area contributed by atoms with Crippen molar-refractivity contribution in [1.82, 2.24) is 15.5 Å². The van der Waals surface area contributed by atoms with Crippen molar-refractivity contribution in [2.75, 3.05) is 0 Å². The van der Waals surface area contributed by atoms with Gasteiger partial charge in [-0.15, -0.1) is 0 Å². The van der Waals surface area contributed by atoms with E-state index in [1.165, 1.54) is 12.1 Å². The van der Waals surface area contributed by atoms with E-state index < -0.39 is 11.9 Å². The molecule has 23 heavy (non-hydrogen) atoms. The van der Waals surface area contributed by atoms with Gasteiger partial charge >= 0.3 is 5.97 Å². The minimum Gasteiger partial charge on any atom is -0.481 e. The van der Waals surface area contributed by atoms with Crippen LogP contribution in [0.3, 0.4) is 0 Å². The number of carbonyl (C=O) groups excluding carboxylic acids is 1. The monoisotopic (exact) mass is 317 g/mol. The van der Waals surface area contributed by atoms with Crippen molar-refractivity contribution in [2.24, 2.45) is 5.92 Å². The summed E-state index contributed by atoms with van der Waals surface area (Å²) in [6.45, 7) is 0. The molecule has 6 nitrogen and oxygen atoms in total. The van der Waals surface area contributed by atoms with E-state index in [1.54, 1.807) is 18.2 Å². The van der Waals surface area contributed by atoms with E-state index >= 15 is 0 Å². The molecule has 1 aromatic heterocycles. The quantitative estimate of drug-likeness (QED) is 0.805. The molecule has 1 heterocycles. The summed E-state index contributed by atoms with van der Waals surface area (Å²) in [5.41, 5.74) is 1.46. The van der Waals surface area contributed by atoms with Gasteiger partial charge in [0.15, 0.2) is 0 Å². The number of hydrogen-bond acceptors (Lipinski definition) is 3. The minimum absolute atomic E-state index is 0.250. The van der Waals surface area contributed by atoms with E-state index in [0.717, 1.165) is 6.42 Å². The number of benzene rings is 1. The van der Waals surface area contributed by atoms with Gasteiger partial charge < -0.3 is 10.4 Å². The van der Waals surface area contributed by atoms with E-state index in [4.69, 9.17) is 5.11 Å². The summed E-state index contributed by atoms with van der Waals surface area (Å²) in [4.78, 5) is 23.4. The second kappa shape index (κ2) is 6.20. The Labute approximate surface area is 131 Å². The molecule has 0 aliphatic heterocycles. The van der Waals surface area contributed by atoms with Crippen LogP contribution in [0.5, 0.6) is 0 Å². The molecule has 1 aromatic carbocycles. The van der Waals surface area contributed by atoms with Crippen LogP contribution in [0.2, 0.25) is 0 Å². The second-order valence-electron chi connectivity index (χ2n) is 5.63. The number of carbonyl (C=O) groups is 2. The number of halogens is 1. The molecule has 1 aliphatic rings. The maximum Gasteiger partial charge on any atom is 0.308 e. The van der Waals surface area contributed by atoms with Gasteiger partial charge in [-0.25, -0.2) is 4.39 Å². The van der Waals surface area contributed by atoms with Crippen molar-refractivity contribution in [1.29, 1.82) is 0 Å². The van der Waals surface area contributed by atoms with Crippen LogP contribution >= 0.6 is 0 Å². The first kappa shape index (κ1) is 15.2. The number of nitrogens with zero attached hydrogens (tertiary/aromatic N) is 1. The molecule has 120 valence electrons. The van der Waals surface area contributed by atoms with E-state index in [1.807, 2.05) is 0 Å². The number of aromatic nitrogens is 2. The van der Waals surface area contributed by atoms with E-state index in [0.29, 0.717) is 24.1 Å². The molecule has 3 N–H and O–H groups in total. The van der Waals surface area contributed by atoms with Crippen molar-refractivity contribution in [3.05, 3.63) is 41.8 Å². The molecule has 3 rings (SSSR count).